The topological polar surface area (TPSA) is 9.23 Å². The lowest BCUT2D eigenvalue weighted by Crippen LogP contribution is -2.66. The molecule has 5 fully saturated rings. The summed E-state index contributed by atoms with van der Waals surface area (Å²) in [6.45, 7) is 12.6. The van der Waals surface area contributed by atoms with Crippen molar-refractivity contribution in [3.8, 4) is 0 Å². The average molecular weight is 497 g/mol. The second-order valence-electron chi connectivity index (χ2n) is 13.2. The van der Waals surface area contributed by atoms with Gasteiger partial charge >= 0.3 is 0 Å². The Balaban J connectivity index is 1.39. The maximum atomic E-state index is 6.78. The molecule has 10 atom stereocenters. The number of alkyl halides is 1. The fraction of sp³-hybridized carbons (Fsp3) is 0.964. The quantitative estimate of drug-likeness (QED) is 0.277. The maximum Gasteiger partial charge on any atom is 0.221 e. The standard InChI is InChI=1S/C28H45ClOS2/c1-17(2)7-6-8-18(3)21-9-10-22-20-15-24-28(30-25(31)32-24)16-19(29)11-14-27(28,5)23(20)12-13-26(21,22)4/h17-24H,6-16H2,1-5H3/t18-,19+,20+,21-,22+,23+,24+,26-,27-,28+/m1/s1. The Kier molecular flexibility index (Phi) is 6.50. The number of fused-ring (bicyclic) bond motifs is 4. The molecule has 0 unspecified atom stereocenters. The molecule has 1 saturated heterocycles. The summed E-state index contributed by atoms with van der Waals surface area (Å²) in [5.41, 5.74) is 0.682. The van der Waals surface area contributed by atoms with Gasteiger partial charge in [-0.1, -0.05) is 65.6 Å². The van der Waals surface area contributed by atoms with Gasteiger partial charge < -0.3 is 4.74 Å². The van der Waals surface area contributed by atoms with Crippen molar-refractivity contribution >= 4 is 40.0 Å². The Labute approximate surface area is 211 Å². The van der Waals surface area contributed by atoms with E-state index in [4.69, 9.17) is 28.6 Å². The molecular weight excluding hydrogens is 452 g/mol. The summed E-state index contributed by atoms with van der Waals surface area (Å²) in [6.07, 6.45) is 14.7. The summed E-state index contributed by atoms with van der Waals surface area (Å²) in [7, 11) is 0. The van der Waals surface area contributed by atoms with Crippen molar-refractivity contribution in [2.75, 3.05) is 0 Å². The Morgan fingerprint density at radius 2 is 1.84 bits per heavy atom. The SMILES string of the molecule is CC(C)CCC[C@@H](C)[C@H]1CC[C@H]2[C@@H]3C[C@@H]4SC(=S)O[C@@]45C[C@@H](Cl)CC[C@]5(C)[C@H]3CC[C@]12C. The smallest absolute Gasteiger partial charge is 0.221 e. The van der Waals surface area contributed by atoms with Crippen LogP contribution in [0.15, 0.2) is 0 Å². The molecule has 32 heavy (non-hydrogen) atoms. The monoisotopic (exact) mass is 496 g/mol. The van der Waals surface area contributed by atoms with Gasteiger partial charge in [-0.25, -0.2) is 0 Å². The van der Waals surface area contributed by atoms with Crippen molar-refractivity contribution < 1.29 is 4.74 Å². The number of hydrogen-bond donors (Lipinski definition) is 0. The van der Waals surface area contributed by atoms with Crippen molar-refractivity contribution in [2.24, 2.45) is 46.3 Å². The Morgan fingerprint density at radius 1 is 1.06 bits per heavy atom. The van der Waals surface area contributed by atoms with Gasteiger partial charge in [-0.05, 0) is 98.1 Å². The van der Waals surface area contributed by atoms with Crippen LogP contribution in [0.25, 0.3) is 0 Å². The van der Waals surface area contributed by atoms with Crippen molar-refractivity contribution in [3.63, 3.8) is 0 Å². The van der Waals surface area contributed by atoms with Crippen LogP contribution in [-0.2, 0) is 4.74 Å². The van der Waals surface area contributed by atoms with Crippen molar-refractivity contribution in [1.29, 1.82) is 0 Å². The fourth-order valence-corrected chi connectivity index (χ4v) is 12.0. The van der Waals surface area contributed by atoms with Gasteiger partial charge in [-0.2, -0.15) is 0 Å². The van der Waals surface area contributed by atoms with Crippen LogP contribution in [0.3, 0.4) is 0 Å². The number of thioether (sulfide) groups is 1. The zero-order valence-electron chi connectivity index (χ0n) is 21.0. The van der Waals surface area contributed by atoms with Crippen LogP contribution >= 0.6 is 35.6 Å². The predicted octanol–water partition coefficient (Wildman–Crippen LogP) is 8.86. The molecule has 1 heterocycles. The van der Waals surface area contributed by atoms with Gasteiger partial charge in [0.25, 0.3) is 0 Å². The van der Waals surface area contributed by atoms with Gasteiger partial charge in [0.2, 0.25) is 4.38 Å². The molecule has 4 saturated carbocycles. The van der Waals surface area contributed by atoms with Crippen LogP contribution in [-0.4, -0.2) is 20.6 Å². The average Bonchev–Trinajstić information content (AvgIpc) is 3.22. The largest absolute Gasteiger partial charge is 0.470 e. The molecule has 1 nitrogen and oxygen atoms in total. The molecule has 0 N–H and O–H groups in total. The van der Waals surface area contributed by atoms with Crippen LogP contribution in [0.2, 0.25) is 0 Å². The first kappa shape index (κ1) is 24.2. The summed E-state index contributed by atoms with van der Waals surface area (Å²) < 4.78 is 7.45. The van der Waals surface area contributed by atoms with Crippen molar-refractivity contribution in [1.82, 2.24) is 0 Å². The third-order valence-electron chi connectivity index (χ3n) is 11.4. The summed E-state index contributed by atoms with van der Waals surface area (Å²) in [4.78, 5) is 0. The van der Waals surface area contributed by atoms with Crippen molar-refractivity contribution in [2.45, 2.75) is 121 Å². The lowest BCUT2D eigenvalue weighted by Gasteiger charge is -2.65. The molecule has 0 aromatic rings. The molecule has 0 bridgehead atoms. The molecule has 4 aliphatic carbocycles. The van der Waals surface area contributed by atoms with E-state index in [2.05, 4.69) is 34.6 Å². The third kappa shape index (κ3) is 3.56. The number of ether oxygens (including phenoxy) is 1. The van der Waals surface area contributed by atoms with Crippen LogP contribution in [0.5, 0.6) is 0 Å². The minimum Gasteiger partial charge on any atom is -0.470 e. The van der Waals surface area contributed by atoms with Crippen LogP contribution in [0.4, 0.5) is 0 Å². The van der Waals surface area contributed by atoms with Crippen LogP contribution in [0, 0.1) is 46.3 Å². The fourth-order valence-electron chi connectivity index (χ4n) is 9.86. The molecule has 1 spiro atoms. The van der Waals surface area contributed by atoms with Gasteiger partial charge in [0, 0.05) is 17.2 Å². The molecule has 0 aromatic carbocycles. The third-order valence-corrected chi connectivity index (χ3v) is 13.3. The van der Waals surface area contributed by atoms with Gasteiger partial charge in [0.05, 0.1) is 5.25 Å². The lowest BCUT2D eigenvalue weighted by molar-refractivity contribution is -0.186. The van der Waals surface area contributed by atoms with E-state index in [1.54, 1.807) is 0 Å². The van der Waals surface area contributed by atoms with E-state index in [1.165, 1.54) is 57.8 Å². The number of rotatable bonds is 5. The predicted molar refractivity (Wildman–Crippen MR) is 142 cm³/mol. The minimum absolute atomic E-state index is 0.101. The van der Waals surface area contributed by atoms with E-state index >= 15 is 0 Å². The second kappa shape index (κ2) is 8.58. The van der Waals surface area contributed by atoms with Crippen molar-refractivity contribution in [3.05, 3.63) is 0 Å². The van der Waals surface area contributed by atoms with Gasteiger partial charge in [-0.15, -0.1) is 11.6 Å². The second-order valence-corrected chi connectivity index (χ2v) is 15.7. The first-order chi connectivity index (χ1) is 15.1. The Morgan fingerprint density at radius 3 is 2.59 bits per heavy atom. The van der Waals surface area contributed by atoms with E-state index in [0.717, 1.165) is 52.7 Å². The lowest BCUT2D eigenvalue weighted by atomic mass is 9.43. The molecule has 4 heteroatoms. The molecular formula is C28H45ClOS2. The molecule has 5 rings (SSSR count). The minimum atomic E-state index is -0.101. The van der Waals surface area contributed by atoms with Crippen LogP contribution < -0.4 is 0 Å². The Bertz CT molecular complexity index is 741. The summed E-state index contributed by atoms with van der Waals surface area (Å²) in [5.74, 6) is 5.19. The number of thiocarbonyl (C=S) groups is 1. The van der Waals surface area contributed by atoms with E-state index < -0.39 is 0 Å². The first-order valence-corrected chi connectivity index (χ1v) is 15.4. The molecule has 0 amide bonds. The van der Waals surface area contributed by atoms with Crippen LogP contribution in [0.1, 0.15) is 105 Å². The highest BCUT2D eigenvalue weighted by Gasteiger charge is 2.71. The van der Waals surface area contributed by atoms with Gasteiger partial charge in [0.15, 0.2) is 0 Å². The van der Waals surface area contributed by atoms with E-state index in [-0.39, 0.29) is 16.4 Å². The molecule has 1 aliphatic heterocycles. The highest BCUT2D eigenvalue weighted by molar-refractivity contribution is 8.23. The Hall–Kier alpha value is 0.530. The molecule has 5 aliphatic rings. The first-order valence-electron chi connectivity index (χ1n) is 13.6. The highest BCUT2D eigenvalue weighted by Crippen LogP contribution is 2.72. The summed E-state index contributed by atoms with van der Waals surface area (Å²) >= 11 is 14.3. The maximum absolute atomic E-state index is 6.78. The zero-order chi connectivity index (χ0) is 22.9. The van der Waals surface area contributed by atoms with E-state index in [0.29, 0.717) is 10.7 Å². The molecule has 182 valence electrons. The van der Waals surface area contributed by atoms with Gasteiger partial charge in [0.1, 0.15) is 5.60 Å². The zero-order valence-corrected chi connectivity index (χ0v) is 23.4. The van der Waals surface area contributed by atoms with E-state index in [1.807, 2.05) is 11.8 Å². The molecule has 0 aromatic heterocycles. The molecule has 0 radical (unpaired) electrons. The number of halogens is 1. The van der Waals surface area contributed by atoms with E-state index in [9.17, 15) is 0 Å². The summed E-state index contributed by atoms with van der Waals surface area (Å²) in [5, 5.41) is 0.771. The van der Waals surface area contributed by atoms with Gasteiger partial charge in [-0.3, -0.25) is 0 Å². The highest BCUT2D eigenvalue weighted by atomic mass is 35.5. The normalized spacial score (nSPS) is 50.9. The summed E-state index contributed by atoms with van der Waals surface area (Å²) in [6, 6.07) is 0. The number of hydrogen-bond acceptors (Lipinski definition) is 3.